The summed E-state index contributed by atoms with van der Waals surface area (Å²) in [5.41, 5.74) is 5.73. The number of pyridine rings is 1. The van der Waals surface area contributed by atoms with Gasteiger partial charge in [0.2, 0.25) is 0 Å². The van der Waals surface area contributed by atoms with E-state index in [1.54, 1.807) is 6.20 Å². The predicted molar refractivity (Wildman–Crippen MR) is 69.9 cm³/mol. The molecule has 1 N–H and O–H groups in total. The number of aromatic nitrogens is 1. The van der Waals surface area contributed by atoms with Gasteiger partial charge < -0.3 is 5.11 Å². The van der Waals surface area contributed by atoms with Crippen molar-refractivity contribution in [3.8, 4) is 11.3 Å². The first kappa shape index (κ1) is 11.8. The van der Waals surface area contributed by atoms with Crippen molar-refractivity contribution >= 4 is 0 Å². The van der Waals surface area contributed by atoms with Crippen LogP contribution in [0.2, 0.25) is 0 Å². The van der Waals surface area contributed by atoms with E-state index in [0.717, 1.165) is 16.8 Å². The quantitative estimate of drug-likeness (QED) is 0.874. The normalized spacial score (nSPS) is 10.5. The highest BCUT2D eigenvalue weighted by atomic mass is 16.2. The summed E-state index contributed by atoms with van der Waals surface area (Å²) in [6.07, 6.45) is 2.48. The molecule has 0 spiro atoms. The average molecular weight is 227 g/mol. The Morgan fingerprint density at radius 2 is 1.76 bits per heavy atom. The topological polar surface area (TPSA) is 33.1 Å². The van der Waals surface area contributed by atoms with Crippen molar-refractivity contribution in [3.63, 3.8) is 0 Å². The lowest BCUT2D eigenvalue weighted by Crippen LogP contribution is -1.93. The van der Waals surface area contributed by atoms with Crippen molar-refractivity contribution in [3.05, 3.63) is 53.2 Å². The largest absolute Gasteiger partial charge is 0.396 e. The molecule has 0 bridgehead atoms. The Morgan fingerprint density at radius 1 is 1.06 bits per heavy atom. The molecular formula is C15H17NO. The van der Waals surface area contributed by atoms with Gasteiger partial charge in [0.25, 0.3) is 0 Å². The van der Waals surface area contributed by atoms with Crippen molar-refractivity contribution in [2.45, 2.75) is 20.3 Å². The lowest BCUT2D eigenvalue weighted by molar-refractivity contribution is 0.299. The van der Waals surface area contributed by atoms with Gasteiger partial charge in [0, 0.05) is 18.4 Å². The van der Waals surface area contributed by atoms with Gasteiger partial charge in [-0.15, -0.1) is 0 Å². The molecule has 88 valence electrons. The summed E-state index contributed by atoms with van der Waals surface area (Å²) in [5, 5.41) is 8.95. The third-order valence-corrected chi connectivity index (χ3v) is 2.74. The molecule has 0 unspecified atom stereocenters. The SMILES string of the molecule is Cc1cc(C)cc(-c2cc(CCO)ccn2)c1. The Labute approximate surface area is 102 Å². The fourth-order valence-corrected chi connectivity index (χ4v) is 2.04. The molecule has 0 atom stereocenters. The first-order chi connectivity index (χ1) is 8.19. The first-order valence-corrected chi connectivity index (χ1v) is 5.83. The van der Waals surface area contributed by atoms with Gasteiger partial charge in [-0.05, 0) is 50.1 Å². The summed E-state index contributed by atoms with van der Waals surface area (Å²) in [6.45, 7) is 4.36. The molecule has 2 heteroatoms. The molecule has 17 heavy (non-hydrogen) atoms. The maximum atomic E-state index is 8.95. The predicted octanol–water partition coefficient (Wildman–Crippen LogP) is 2.90. The second kappa shape index (κ2) is 5.11. The number of rotatable bonds is 3. The molecule has 2 aromatic rings. The summed E-state index contributed by atoms with van der Waals surface area (Å²) < 4.78 is 0. The minimum atomic E-state index is 0.177. The van der Waals surface area contributed by atoms with Crippen LogP contribution in [0.5, 0.6) is 0 Å². The molecule has 1 heterocycles. The van der Waals surface area contributed by atoms with Crippen LogP contribution >= 0.6 is 0 Å². The highest BCUT2D eigenvalue weighted by Crippen LogP contribution is 2.21. The van der Waals surface area contributed by atoms with Gasteiger partial charge in [0.1, 0.15) is 0 Å². The van der Waals surface area contributed by atoms with Crippen LogP contribution in [-0.4, -0.2) is 16.7 Å². The van der Waals surface area contributed by atoms with E-state index in [1.165, 1.54) is 11.1 Å². The summed E-state index contributed by atoms with van der Waals surface area (Å²) in [5.74, 6) is 0. The molecule has 0 aliphatic heterocycles. The van der Waals surface area contributed by atoms with Crippen LogP contribution in [0, 0.1) is 13.8 Å². The molecule has 0 fully saturated rings. The smallest absolute Gasteiger partial charge is 0.0704 e. The van der Waals surface area contributed by atoms with E-state index in [4.69, 9.17) is 5.11 Å². The second-order valence-corrected chi connectivity index (χ2v) is 4.40. The zero-order valence-electron chi connectivity index (χ0n) is 10.3. The minimum Gasteiger partial charge on any atom is -0.396 e. The number of benzene rings is 1. The van der Waals surface area contributed by atoms with Crippen LogP contribution in [0.25, 0.3) is 11.3 Å². The maximum absolute atomic E-state index is 8.95. The molecule has 0 aliphatic rings. The van der Waals surface area contributed by atoms with Crippen molar-refractivity contribution in [2.24, 2.45) is 0 Å². The van der Waals surface area contributed by atoms with Crippen LogP contribution < -0.4 is 0 Å². The first-order valence-electron chi connectivity index (χ1n) is 5.83. The second-order valence-electron chi connectivity index (χ2n) is 4.40. The molecule has 2 rings (SSSR count). The molecule has 0 amide bonds. The van der Waals surface area contributed by atoms with Gasteiger partial charge in [-0.2, -0.15) is 0 Å². The Bertz CT molecular complexity index is 500. The van der Waals surface area contributed by atoms with E-state index in [9.17, 15) is 0 Å². The Morgan fingerprint density at radius 3 is 2.41 bits per heavy atom. The molecule has 0 saturated carbocycles. The van der Waals surface area contributed by atoms with E-state index in [0.29, 0.717) is 6.42 Å². The van der Waals surface area contributed by atoms with Crippen LogP contribution in [0.3, 0.4) is 0 Å². The summed E-state index contributed by atoms with van der Waals surface area (Å²) in [6, 6.07) is 10.4. The third-order valence-electron chi connectivity index (χ3n) is 2.74. The number of hydrogen-bond donors (Lipinski definition) is 1. The fraction of sp³-hybridized carbons (Fsp3) is 0.267. The Kier molecular flexibility index (Phi) is 3.55. The minimum absolute atomic E-state index is 0.177. The number of aryl methyl sites for hydroxylation is 2. The van der Waals surface area contributed by atoms with Crippen molar-refractivity contribution in [1.82, 2.24) is 4.98 Å². The average Bonchev–Trinajstić information content (AvgIpc) is 2.28. The number of aliphatic hydroxyl groups is 1. The Balaban J connectivity index is 2.41. The standard InChI is InChI=1S/C15H17NO/c1-11-7-12(2)9-14(8-11)15-10-13(4-6-17)3-5-16-15/h3,5,7-10,17H,4,6H2,1-2H3. The summed E-state index contributed by atoms with van der Waals surface area (Å²) >= 11 is 0. The molecule has 0 saturated heterocycles. The van der Waals surface area contributed by atoms with Crippen LogP contribution in [0.15, 0.2) is 36.5 Å². The van der Waals surface area contributed by atoms with E-state index < -0.39 is 0 Å². The monoisotopic (exact) mass is 227 g/mol. The number of aliphatic hydroxyl groups excluding tert-OH is 1. The van der Waals surface area contributed by atoms with Crippen LogP contribution in [0.4, 0.5) is 0 Å². The highest BCUT2D eigenvalue weighted by Gasteiger charge is 2.02. The summed E-state index contributed by atoms with van der Waals surface area (Å²) in [7, 11) is 0. The zero-order valence-corrected chi connectivity index (χ0v) is 10.3. The van der Waals surface area contributed by atoms with Gasteiger partial charge in [-0.3, -0.25) is 4.98 Å². The van der Waals surface area contributed by atoms with Crippen LogP contribution in [0.1, 0.15) is 16.7 Å². The van der Waals surface area contributed by atoms with Crippen molar-refractivity contribution in [1.29, 1.82) is 0 Å². The highest BCUT2D eigenvalue weighted by molar-refractivity contribution is 5.61. The van der Waals surface area contributed by atoms with Crippen molar-refractivity contribution < 1.29 is 5.11 Å². The van der Waals surface area contributed by atoms with E-state index in [2.05, 4.69) is 37.0 Å². The summed E-state index contributed by atoms with van der Waals surface area (Å²) in [4.78, 5) is 4.39. The molecular weight excluding hydrogens is 210 g/mol. The van der Waals surface area contributed by atoms with Gasteiger partial charge in [-0.25, -0.2) is 0 Å². The van der Waals surface area contributed by atoms with E-state index in [1.807, 2.05) is 12.1 Å². The lowest BCUT2D eigenvalue weighted by Gasteiger charge is -2.06. The number of hydrogen-bond acceptors (Lipinski definition) is 2. The lowest BCUT2D eigenvalue weighted by atomic mass is 10.0. The van der Waals surface area contributed by atoms with Gasteiger partial charge in [-0.1, -0.05) is 17.2 Å². The maximum Gasteiger partial charge on any atom is 0.0704 e. The zero-order chi connectivity index (χ0) is 12.3. The molecule has 1 aromatic heterocycles. The Hall–Kier alpha value is -1.67. The van der Waals surface area contributed by atoms with Gasteiger partial charge >= 0.3 is 0 Å². The fourth-order valence-electron chi connectivity index (χ4n) is 2.04. The molecule has 0 radical (unpaired) electrons. The molecule has 2 nitrogen and oxygen atoms in total. The third kappa shape index (κ3) is 2.92. The van der Waals surface area contributed by atoms with E-state index in [-0.39, 0.29) is 6.61 Å². The van der Waals surface area contributed by atoms with Gasteiger partial charge in [0.15, 0.2) is 0 Å². The molecule has 1 aromatic carbocycles. The van der Waals surface area contributed by atoms with Crippen LogP contribution in [-0.2, 0) is 6.42 Å². The van der Waals surface area contributed by atoms with Crippen molar-refractivity contribution in [2.75, 3.05) is 6.61 Å². The van der Waals surface area contributed by atoms with Gasteiger partial charge in [0.05, 0.1) is 5.69 Å². The number of nitrogens with zero attached hydrogens (tertiary/aromatic N) is 1. The van der Waals surface area contributed by atoms with E-state index >= 15 is 0 Å². The molecule has 0 aliphatic carbocycles.